The molecule has 0 amide bonds. The Labute approximate surface area is 214 Å². The Morgan fingerprint density at radius 2 is 1.84 bits per heavy atom. The first-order chi connectivity index (χ1) is 18.2. The molecule has 0 atom stereocenters. The largest absolute Gasteiger partial charge is 0.383 e. The highest BCUT2D eigenvalue weighted by Crippen LogP contribution is 2.29. The number of rotatable bonds is 2. The van der Waals surface area contributed by atoms with E-state index in [0.29, 0.717) is 42.0 Å². The third-order valence-corrected chi connectivity index (χ3v) is 6.83. The molecule has 5 aromatic rings. The van der Waals surface area contributed by atoms with E-state index in [2.05, 4.69) is 31.7 Å². The molecule has 6 rings (SSSR count). The van der Waals surface area contributed by atoms with Crippen LogP contribution in [0.3, 0.4) is 0 Å². The molecular formula is C26H20F2N8O2. The van der Waals surface area contributed by atoms with Crippen molar-refractivity contribution in [3.63, 3.8) is 0 Å². The van der Waals surface area contributed by atoms with E-state index in [-0.39, 0.29) is 22.8 Å². The molecule has 1 aliphatic heterocycles. The van der Waals surface area contributed by atoms with Crippen LogP contribution in [0.2, 0.25) is 0 Å². The van der Waals surface area contributed by atoms with Gasteiger partial charge in [-0.15, -0.1) is 0 Å². The van der Waals surface area contributed by atoms with Crippen molar-refractivity contribution in [2.45, 2.75) is 20.0 Å². The van der Waals surface area contributed by atoms with Crippen LogP contribution in [-0.4, -0.2) is 35.6 Å². The summed E-state index contributed by atoms with van der Waals surface area (Å²) in [6.07, 6.45) is 0. The second-order valence-electron chi connectivity index (χ2n) is 9.04. The first-order valence-electron chi connectivity index (χ1n) is 11.7. The number of imidazole rings is 1. The summed E-state index contributed by atoms with van der Waals surface area (Å²) in [5.41, 5.74) is 8.60. The Morgan fingerprint density at radius 1 is 1.08 bits per heavy atom. The fourth-order valence-electron chi connectivity index (χ4n) is 4.74. The number of nitrogens with zero attached hydrogens (tertiary/aromatic N) is 7. The fraction of sp³-hybridized carbons (Fsp3) is 0.192. The number of nitro groups is 1. The molecule has 1 aliphatic rings. The smallest absolute Gasteiger partial charge is 0.269 e. The van der Waals surface area contributed by atoms with Gasteiger partial charge in [-0.05, 0) is 31.0 Å². The van der Waals surface area contributed by atoms with Gasteiger partial charge < -0.3 is 19.8 Å². The summed E-state index contributed by atoms with van der Waals surface area (Å²) in [5, 5.41) is 11.6. The zero-order valence-corrected chi connectivity index (χ0v) is 20.4. The van der Waals surface area contributed by atoms with Crippen LogP contribution >= 0.6 is 0 Å². The minimum atomic E-state index is -0.836. The number of non-ortho nitro benzene ring substituents is 1. The van der Waals surface area contributed by atoms with E-state index in [1.807, 2.05) is 10.6 Å². The molecule has 3 aromatic heterocycles. The molecule has 0 aliphatic carbocycles. The van der Waals surface area contributed by atoms with Crippen LogP contribution in [0.4, 0.5) is 26.0 Å². The molecular weight excluding hydrogens is 494 g/mol. The maximum Gasteiger partial charge on any atom is 0.269 e. The topological polar surface area (TPSA) is 121 Å². The van der Waals surface area contributed by atoms with E-state index in [1.165, 1.54) is 18.2 Å². The third kappa shape index (κ3) is 3.67. The summed E-state index contributed by atoms with van der Waals surface area (Å²) in [4.78, 5) is 25.6. The fourth-order valence-corrected chi connectivity index (χ4v) is 4.74. The Balaban J connectivity index is 1.34. The lowest BCUT2D eigenvalue weighted by Gasteiger charge is -2.30. The summed E-state index contributed by atoms with van der Waals surface area (Å²) in [7, 11) is 1.68. The van der Waals surface area contributed by atoms with Crippen molar-refractivity contribution in [3.8, 4) is 11.8 Å². The van der Waals surface area contributed by atoms with Crippen molar-refractivity contribution in [2.75, 3.05) is 17.2 Å². The molecule has 2 aromatic carbocycles. The summed E-state index contributed by atoms with van der Waals surface area (Å²) in [6.45, 7) is 3.46. The van der Waals surface area contributed by atoms with Crippen LogP contribution in [0.5, 0.6) is 0 Å². The highest BCUT2D eigenvalue weighted by molar-refractivity contribution is 5.88. The molecule has 38 heavy (non-hydrogen) atoms. The van der Waals surface area contributed by atoms with Gasteiger partial charge >= 0.3 is 0 Å². The monoisotopic (exact) mass is 514 g/mol. The van der Waals surface area contributed by atoms with Crippen molar-refractivity contribution in [3.05, 3.63) is 81.1 Å². The van der Waals surface area contributed by atoms with Crippen molar-refractivity contribution in [1.29, 1.82) is 0 Å². The second kappa shape index (κ2) is 8.52. The molecule has 190 valence electrons. The van der Waals surface area contributed by atoms with Crippen LogP contribution in [0.25, 0.3) is 22.1 Å². The Bertz CT molecular complexity index is 1850. The van der Waals surface area contributed by atoms with Gasteiger partial charge in [0.15, 0.2) is 5.82 Å². The van der Waals surface area contributed by atoms with Gasteiger partial charge in [0.05, 0.1) is 27.9 Å². The molecule has 0 saturated heterocycles. The van der Waals surface area contributed by atoms with Crippen molar-refractivity contribution in [2.24, 2.45) is 7.05 Å². The molecule has 0 unspecified atom stereocenters. The van der Waals surface area contributed by atoms with Crippen LogP contribution < -0.4 is 10.6 Å². The normalized spacial score (nSPS) is 13.0. The number of nitro benzene ring substituents is 1. The number of nitrogens with two attached hydrogens (primary N) is 1. The minimum Gasteiger partial charge on any atom is -0.383 e. The molecule has 0 spiro atoms. The molecule has 0 saturated carbocycles. The van der Waals surface area contributed by atoms with Crippen molar-refractivity contribution < 1.29 is 13.7 Å². The van der Waals surface area contributed by atoms with E-state index in [4.69, 9.17) is 5.73 Å². The molecule has 10 nitrogen and oxygen atoms in total. The zero-order valence-electron chi connectivity index (χ0n) is 20.4. The van der Waals surface area contributed by atoms with Gasteiger partial charge in [0.2, 0.25) is 5.82 Å². The van der Waals surface area contributed by atoms with Gasteiger partial charge in [-0.25, -0.2) is 23.7 Å². The number of aromatic nitrogens is 5. The van der Waals surface area contributed by atoms with E-state index in [0.717, 1.165) is 11.4 Å². The first kappa shape index (κ1) is 23.4. The van der Waals surface area contributed by atoms with Gasteiger partial charge in [0.25, 0.3) is 5.69 Å². The molecule has 0 fully saturated rings. The quantitative estimate of drug-likeness (QED) is 0.216. The van der Waals surface area contributed by atoms with Gasteiger partial charge in [-0.3, -0.25) is 10.1 Å². The average Bonchev–Trinajstić information content (AvgIpc) is 3.41. The van der Waals surface area contributed by atoms with Crippen LogP contribution in [0.1, 0.15) is 22.9 Å². The van der Waals surface area contributed by atoms with Crippen molar-refractivity contribution >= 4 is 39.3 Å². The van der Waals surface area contributed by atoms with Gasteiger partial charge in [0.1, 0.15) is 28.6 Å². The maximum absolute atomic E-state index is 15.0. The minimum absolute atomic E-state index is 0.0337. The second-order valence-corrected chi connectivity index (χ2v) is 9.04. The van der Waals surface area contributed by atoms with Crippen molar-refractivity contribution in [1.82, 2.24) is 24.1 Å². The number of halogens is 2. The third-order valence-electron chi connectivity index (χ3n) is 6.83. The molecule has 0 radical (unpaired) electrons. The number of benzene rings is 2. The van der Waals surface area contributed by atoms with Gasteiger partial charge in [0, 0.05) is 49.7 Å². The standard InChI is InChI=1S/C26H20F2N8O2/c1-14-30-24-21(33(14)2)12-20(27)18(23(24)28)7-8-22-31-25(29)19-11-17-13-34(9-10-35(17)26(19)32-22)15-3-5-16(6-4-15)36(37)38/h3-6,11-12H,9-10,13H2,1-2H3,(H2,29,31,32). The average molecular weight is 514 g/mol. The predicted octanol–water partition coefficient (Wildman–Crippen LogP) is 3.82. The maximum atomic E-state index is 15.0. The number of aryl methyl sites for hydroxylation is 2. The highest BCUT2D eigenvalue weighted by atomic mass is 19.1. The lowest BCUT2D eigenvalue weighted by atomic mass is 10.1. The SMILES string of the molecule is Cc1nc2c(F)c(C#Cc3nc(N)c4cc5n(c4n3)CCN(c3ccc([N+](=O)[O-])cc3)C5)c(F)cc2n1C. The number of hydrogen-bond acceptors (Lipinski definition) is 7. The number of hydrogen-bond donors (Lipinski definition) is 1. The zero-order chi connectivity index (χ0) is 26.7. The number of nitrogen functional groups attached to an aromatic ring is 1. The molecule has 2 N–H and O–H groups in total. The van der Waals surface area contributed by atoms with E-state index in [1.54, 1.807) is 30.7 Å². The Kier molecular flexibility index (Phi) is 5.23. The number of fused-ring (bicyclic) bond motifs is 4. The summed E-state index contributed by atoms with van der Waals surface area (Å²) in [6, 6.07) is 9.51. The van der Waals surface area contributed by atoms with Crippen LogP contribution in [0, 0.1) is 40.5 Å². The predicted molar refractivity (Wildman–Crippen MR) is 137 cm³/mol. The van der Waals surface area contributed by atoms with E-state index >= 15 is 4.39 Å². The lowest BCUT2D eigenvalue weighted by Crippen LogP contribution is -2.33. The van der Waals surface area contributed by atoms with E-state index in [9.17, 15) is 14.5 Å². The van der Waals surface area contributed by atoms with E-state index < -0.39 is 22.1 Å². The van der Waals surface area contributed by atoms with Gasteiger partial charge in [-0.1, -0.05) is 5.92 Å². The molecule has 4 heterocycles. The summed E-state index contributed by atoms with van der Waals surface area (Å²) < 4.78 is 33.4. The Morgan fingerprint density at radius 3 is 2.58 bits per heavy atom. The molecule has 12 heteroatoms. The first-order valence-corrected chi connectivity index (χ1v) is 11.7. The van der Waals surface area contributed by atoms with Crippen LogP contribution in [-0.2, 0) is 20.1 Å². The molecule has 0 bridgehead atoms. The van der Waals surface area contributed by atoms with Gasteiger partial charge in [-0.2, -0.15) is 0 Å². The summed E-state index contributed by atoms with van der Waals surface area (Å²) in [5.74, 6) is 4.36. The number of anilines is 2. The Hall–Kier alpha value is -5.05. The summed E-state index contributed by atoms with van der Waals surface area (Å²) >= 11 is 0. The van der Waals surface area contributed by atoms with Crippen LogP contribution in [0.15, 0.2) is 36.4 Å². The highest BCUT2D eigenvalue weighted by Gasteiger charge is 2.22. The lowest BCUT2D eigenvalue weighted by molar-refractivity contribution is -0.384.